The van der Waals surface area contributed by atoms with Gasteiger partial charge in [-0.1, -0.05) is 24.3 Å². The number of benzene rings is 2. The number of ether oxygens (including phenoxy) is 1. The summed E-state index contributed by atoms with van der Waals surface area (Å²) in [5.74, 6) is -1.33. The van der Waals surface area contributed by atoms with Crippen LogP contribution in [-0.4, -0.2) is 17.4 Å². The summed E-state index contributed by atoms with van der Waals surface area (Å²) in [6.07, 6.45) is 2.77. The Balaban J connectivity index is 1.65. The number of amides is 1. The molecule has 1 N–H and O–H groups in total. The summed E-state index contributed by atoms with van der Waals surface area (Å²) >= 11 is 0. The molecular weight excluding hydrogens is 327 g/mol. The molecule has 0 saturated heterocycles. The second-order valence-corrected chi connectivity index (χ2v) is 5.87. The van der Waals surface area contributed by atoms with Gasteiger partial charge in [0, 0.05) is 12.1 Å². The van der Waals surface area contributed by atoms with Gasteiger partial charge >= 0.3 is 5.69 Å². The van der Waals surface area contributed by atoms with Gasteiger partial charge < -0.3 is 10.1 Å². The molecule has 0 heterocycles. The van der Waals surface area contributed by atoms with Crippen LogP contribution in [0.5, 0.6) is 5.75 Å². The first kappa shape index (κ1) is 16.9. The van der Waals surface area contributed by atoms with Crippen molar-refractivity contribution in [1.29, 1.82) is 0 Å². The lowest BCUT2D eigenvalue weighted by Gasteiger charge is -2.26. The largest absolute Gasteiger partial charge is 0.477 e. The Kier molecular flexibility index (Phi) is 4.92. The van der Waals surface area contributed by atoms with Gasteiger partial charge in [0.25, 0.3) is 5.91 Å². The van der Waals surface area contributed by atoms with Crippen molar-refractivity contribution in [3.8, 4) is 5.75 Å². The molecule has 1 atom stereocenters. The van der Waals surface area contributed by atoms with Crippen LogP contribution < -0.4 is 10.1 Å². The third-order valence-electron chi connectivity index (χ3n) is 4.18. The summed E-state index contributed by atoms with van der Waals surface area (Å²) in [5.41, 5.74) is 1.91. The predicted molar refractivity (Wildman–Crippen MR) is 88.8 cm³/mol. The average molecular weight is 344 g/mol. The Labute approximate surface area is 143 Å². The molecular formula is C18H17FN2O4. The Hall–Kier alpha value is -2.96. The van der Waals surface area contributed by atoms with E-state index in [1.165, 1.54) is 5.56 Å². The Bertz CT molecular complexity index is 809. The quantitative estimate of drug-likeness (QED) is 0.666. The molecule has 0 fully saturated rings. The van der Waals surface area contributed by atoms with Gasteiger partial charge in [-0.3, -0.25) is 14.9 Å². The first-order chi connectivity index (χ1) is 12.0. The number of nitro benzene ring substituents is 1. The monoisotopic (exact) mass is 344 g/mol. The summed E-state index contributed by atoms with van der Waals surface area (Å²) in [4.78, 5) is 22.4. The van der Waals surface area contributed by atoms with E-state index in [1.807, 2.05) is 24.3 Å². The lowest BCUT2D eigenvalue weighted by atomic mass is 9.88. The zero-order valence-corrected chi connectivity index (χ0v) is 13.4. The minimum absolute atomic E-state index is 0.108. The summed E-state index contributed by atoms with van der Waals surface area (Å²) in [7, 11) is 0. The Morgan fingerprint density at radius 3 is 2.92 bits per heavy atom. The summed E-state index contributed by atoms with van der Waals surface area (Å²) < 4.78 is 18.4. The molecule has 1 aliphatic carbocycles. The van der Waals surface area contributed by atoms with Crippen LogP contribution in [0, 0.1) is 15.9 Å². The average Bonchev–Trinajstić information content (AvgIpc) is 2.60. The van der Waals surface area contributed by atoms with Gasteiger partial charge in [0.05, 0.1) is 11.0 Å². The van der Waals surface area contributed by atoms with Crippen molar-refractivity contribution < 1.29 is 18.8 Å². The molecule has 130 valence electrons. The first-order valence-corrected chi connectivity index (χ1v) is 7.98. The van der Waals surface area contributed by atoms with Crippen molar-refractivity contribution in [1.82, 2.24) is 5.32 Å². The van der Waals surface area contributed by atoms with E-state index in [4.69, 9.17) is 4.74 Å². The van der Waals surface area contributed by atoms with Crippen molar-refractivity contribution in [2.75, 3.05) is 6.61 Å². The molecule has 0 saturated carbocycles. The number of nitro groups is 1. The molecule has 0 radical (unpaired) electrons. The number of fused-ring (bicyclic) bond motifs is 1. The summed E-state index contributed by atoms with van der Waals surface area (Å²) in [6, 6.07) is 10.7. The zero-order chi connectivity index (χ0) is 17.8. The lowest BCUT2D eigenvalue weighted by molar-refractivity contribution is -0.385. The van der Waals surface area contributed by atoms with Gasteiger partial charge in [-0.05, 0) is 36.5 Å². The van der Waals surface area contributed by atoms with Crippen LogP contribution >= 0.6 is 0 Å². The number of hydrogen-bond acceptors (Lipinski definition) is 4. The minimum Gasteiger partial charge on any atom is -0.477 e. The molecule has 0 unspecified atom stereocenters. The number of carbonyl (C=O) groups is 1. The highest BCUT2D eigenvalue weighted by molar-refractivity contribution is 5.78. The number of aryl methyl sites for hydroxylation is 1. The molecule has 0 bridgehead atoms. The fraction of sp³-hybridized carbons (Fsp3) is 0.278. The summed E-state index contributed by atoms with van der Waals surface area (Å²) in [6.45, 7) is -0.414. The highest BCUT2D eigenvalue weighted by Crippen LogP contribution is 2.30. The van der Waals surface area contributed by atoms with E-state index >= 15 is 0 Å². The predicted octanol–water partition coefficient (Wildman–Crippen LogP) is 3.31. The number of carbonyl (C=O) groups excluding carboxylic acids is 1. The third kappa shape index (κ3) is 3.93. The number of halogens is 1. The molecule has 3 rings (SSSR count). The number of rotatable bonds is 5. The fourth-order valence-electron chi connectivity index (χ4n) is 3.04. The fourth-order valence-corrected chi connectivity index (χ4v) is 3.04. The van der Waals surface area contributed by atoms with Crippen molar-refractivity contribution in [3.05, 3.63) is 69.5 Å². The second kappa shape index (κ2) is 7.29. The Morgan fingerprint density at radius 1 is 1.32 bits per heavy atom. The first-order valence-electron chi connectivity index (χ1n) is 7.98. The van der Waals surface area contributed by atoms with Gasteiger partial charge in [-0.2, -0.15) is 0 Å². The van der Waals surface area contributed by atoms with Gasteiger partial charge in [0.15, 0.2) is 6.61 Å². The molecule has 1 amide bonds. The molecule has 2 aromatic carbocycles. The highest BCUT2D eigenvalue weighted by Gasteiger charge is 2.22. The SMILES string of the molecule is O=C(COc1cc(F)ccc1[N+](=O)[O-])N[C@H]1CCCc2ccccc21. The summed E-state index contributed by atoms with van der Waals surface area (Å²) in [5, 5.41) is 13.8. The van der Waals surface area contributed by atoms with E-state index < -0.39 is 23.3 Å². The molecule has 0 spiro atoms. The van der Waals surface area contributed by atoms with Crippen molar-refractivity contribution in [3.63, 3.8) is 0 Å². The van der Waals surface area contributed by atoms with Crippen molar-refractivity contribution in [2.45, 2.75) is 25.3 Å². The molecule has 1 aliphatic rings. The van der Waals surface area contributed by atoms with Crippen molar-refractivity contribution >= 4 is 11.6 Å². The molecule has 0 aliphatic heterocycles. The minimum atomic E-state index is -0.677. The molecule has 25 heavy (non-hydrogen) atoms. The maximum Gasteiger partial charge on any atom is 0.311 e. The number of nitrogens with one attached hydrogen (secondary N) is 1. The van der Waals surface area contributed by atoms with E-state index in [0.717, 1.165) is 43.0 Å². The standard InChI is InChI=1S/C18H17FN2O4/c19-13-8-9-16(21(23)24)17(10-13)25-11-18(22)20-15-7-3-5-12-4-1-2-6-14(12)15/h1-2,4,6,8-10,15H,3,5,7,11H2,(H,20,22)/t15-/m0/s1. The van der Waals surface area contributed by atoms with E-state index in [0.29, 0.717) is 0 Å². The number of hydrogen-bond donors (Lipinski definition) is 1. The molecule has 7 heteroatoms. The van der Waals surface area contributed by atoms with E-state index in [1.54, 1.807) is 0 Å². The Morgan fingerprint density at radius 2 is 2.12 bits per heavy atom. The van der Waals surface area contributed by atoms with Gasteiger partial charge in [0.1, 0.15) is 5.82 Å². The van der Waals surface area contributed by atoms with Gasteiger partial charge in [0.2, 0.25) is 5.75 Å². The van der Waals surface area contributed by atoms with Crippen LogP contribution in [0.3, 0.4) is 0 Å². The van der Waals surface area contributed by atoms with Crippen LogP contribution in [0.15, 0.2) is 42.5 Å². The van der Waals surface area contributed by atoms with Crippen LogP contribution in [0.1, 0.15) is 30.0 Å². The highest BCUT2D eigenvalue weighted by atomic mass is 19.1. The van der Waals surface area contributed by atoms with Crippen molar-refractivity contribution in [2.24, 2.45) is 0 Å². The second-order valence-electron chi connectivity index (χ2n) is 5.87. The van der Waals surface area contributed by atoms with E-state index in [-0.39, 0.29) is 17.5 Å². The lowest BCUT2D eigenvalue weighted by Crippen LogP contribution is -2.34. The topological polar surface area (TPSA) is 81.5 Å². The van der Waals surface area contributed by atoms with Crippen LogP contribution in [0.4, 0.5) is 10.1 Å². The van der Waals surface area contributed by atoms with E-state index in [2.05, 4.69) is 5.32 Å². The zero-order valence-electron chi connectivity index (χ0n) is 13.4. The maximum absolute atomic E-state index is 13.3. The van der Waals surface area contributed by atoms with Gasteiger partial charge in [-0.15, -0.1) is 0 Å². The smallest absolute Gasteiger partial charge is 0.311 e. The normalized spacial score (nSPS) is 16.0. The third-order valence-corrected chi connectivity index (χ3v) is 4.18. The van der Waals surface area contributed by atoms with Crippen LogP contribution in [0.2, 0.25) is 0 Å². The molecule has 0 aromatic heterocycles. The van der Waals surface area contributed by atoms with Gasteiger partial charge in [-0.25, -0.2) is 4.39 Å². The molecule has 6 nitrogen and oxygen atoms in total. The number of nitrogens with zero attached hydrogens (tertiary/aromatic N) is 1. The molecule has 2 aromatic rings. The van der Waals surface area contributed by atoms with Crippen LogP contribution in [-0.2, 0) is 11.2 Å². The maximum atomic E-state index is 13.3. The van der Waals surface area contributed by atoms with E-state index in [9.17, 15) is 19.3 Å². The van der Waals surface area contributed by atoms with Crippen LogP contribution in [0.25, 0.3) is 0 Å².